The molecule has 1 aromatic carbocycles. The predicted molar refractivity (Wildman–Crippen MR) is 144 cm³/mol. The molecule has 39 heavy (non-hydrogen) atoms. The number of nitriles is 1. The summed E-state index contributed by atoms with van der Waals surface area (Å²) in [5, 5.41) is 24.9. The number of benzene rings is 1. The Labute approximate surface area is 223 Å². The van der Waals surface area contributed by atoms with Gasteiger partial charge in [0.2, 0.25) is 0 Å². The number of fused-ring (bicyclic) bond motifs is 1. The first-order valence-corrected chi connectivity index (χ1v) is 12.7. The van der Waals surface area contributed by atoms with Gasteiger partial charge in [-0.25, -0.2) is 14.4 Å². The van der Waals surface area contributed by atoms with Crippen LogP contribution in [0.4, 0.5) is 10.2 Å². The third kappa shape index (κ3) is 3.99. The highest BCUT2D eigenvalue weighted by molar-refractivity contribution is 5.98. The zero-order valence-electron chi connectivity index (χ0n) is 21.3. The van der Waals surface area contributed by atoms with Gasteiger partial charge in [0.05, 0.1) is 17.5 Å². The predicted octanol–water partition coefficient (Wildman–Crippen LogP) is 4.06. The molecule has 0 amide bonds. The fourth-order valence-corrected chi connectivity index (χ4v) is 5.97. The standard InChI is InChI=1S/C29H25FN8O/c1-36-12-21(11-34-36)24-7-23-27(20(8-31)10-33-28(23)35-24)18-2-5-26(32-9-18)38-16-29(17-38)14-37(15-29)13-19-6-22(30)3-4-25(19)39/h2-7,9-12,39H,13-17H2,1H3,(H,33,35). The number of anilines is 1. The first kappa shape index (κ1) is 23.4. The van der Waals surface area contributed by atoms with E-state index in [1.54, 1.807) is 17.1 Å². The Morgan fingerprint density at radius 2 is 1.90 bits per heavy atom. The van der Waals surface area contributed by atoms with Crippen LogP contribution in [0.25, 0.3) is 33.4 Å². The molecule has 2 N–H and O–H groups in total. The first-order valence-electron chi connectivity index (χ1n) is 12.7. The minimum atomic E-state index is -0.331. The number of halogens is 1. The number of H-pyrrole nitrogens is 1. The molecule has 2 aliphatic rings. The Bertz CT molecular complexity index is 1750. The molecule has 9 nitrogen and oxygen atoms in total. The van der Waals surface area contributed by atoms with Crippen molar-refractivity contribution >= 4 is 16.9 Å². The van der Waals surface area contributed by atoms with Gasteiger partial charge in [-0.2, -0.15) is 10.4 Å². The van der Waals surface area contributed by atoms with Gasteiger partial charge >= 0.3 is 0 Å². The lowest BCUT2D eigenvalue weighted by Gasteiger charge is -2.60. The van der Waals surface area contributed by atoms with Crippen LogP contribution in [0.5, 0.6) is 5.75 Å². The Balaban J connectivity index is 1.07. The lowest BCUT2D eigenvalue weighted by atomic mass is 9.72. The number of nitrogens with zero attached hydrogens (tertiary/aromatic N) is 7. The molecule has 1 spiro atoms. The summed E-state index contributed by atoms with van der Waals surface area (Å²) in [4.78, 5) is 17.0. The van der Waals surface area contributed by atoms with Gasteiger partial charge in [-0.1, -0.05) is 0 Å². The SMILES string of the molecule is Cn1cc(-c2cc3c(-c4ccc(N5CC6(CN(Cc7cc(F)ccc7O)C6)C5)nc4)c(C#N)cnc3[nH]2)cn1. The average Bonchev–Trinajstić information content (AvgIpc) is 3.52. The number of aryl methyl sites for hydroxylation is 1. The number of aromatic amines is 1. The number of rotatable bonds is 5. The van der Waals surface area contributed by atoms with Crippen LogP contribution in [0.3, 0.4) is 0 Å². The van der Waals surface area contributed by atoms with Crippen molar-refractivity contribution in [3.05, 3.63) is 78.1 Å². The smallest absolute Gasteiger partial charge is 0.138 e. The molecule has 5 aromatic rings. The van der Waals surface area contributed by atoms with Gasteiger partial charge in [0, 0.05) is 91.4 Å². The molecule has 4 aromatic heterocycles. The fourth-order valence-electron chi connectivity index (χ4n) is 5.97. The van der Waals surface area contributed by atoms with E-state index in [4.69, 9.17) is 4.98 Å². The van der Waals surface area contributed by atoms with Gasteiger partial charge in [-0.05, 0) is 36.4 Å². The number of phenols is 1. The van der Waals surface area contributed by atoms with E-state index in [0.717, 1.165) is 59.8 Å². The van der Waals surface area contributed by atoms with E-state index in [-0.39, 0.29) is 17.0 Å². The molecule has 0 unspecified atom stereocenters. The molecule has 6 heterocycles. The van der Waals surface area contributed by atoms with Crippen LogP contribution in [-0.4, -0.2) is 60.9 Å². The van der Waals surface area contributed by atoms with Crippen LogP contribution < -0.4 is 4.90 Å². The number of phenolic OH excluding ortho intramolecular Hbond substituents is 1. The topological polar surface area (TPSA) is 110 Å². The highest BCUT2D eigenvalue weighted by Crippen LogP contribution is 2.43. The Morgan fingerprint density at radius 1 is 1.05 bits per heavy atom. The molecule has 0 bridgehead atoms. The maximum Gasteiger partial charge on any atom is 0.138 e. The molecule has 7 rings (SSSR count). The van der Waals surface area contributed by atoms with Gasteiger partial charge in [0.25, 0.3) is 0 Å². The van der Waals surface area contributed by atoms with E-state index in [1.807, 2.05) is 37.6 Å². The first-order chi connectivity index (χ1) is 18.9. The van der Waals surface area contributed by atoms with Crippen molar-refractivity contribution in [2.45, 2.75) is 6.54 Å². The van der Waals surface area contributed by atoms with E-state index < -0.39 is 0 Å². The molecule has 0 radical (unpaired) electrons. The molecular weight excluding hydrogens is 495 g/mol. The number of hydrogen-bond donors (Lipinski definition) is 2. The second-order valence-corrected chi connectivity index (χ2v) is 10.7. The Kier molecular flexibility index (Phi) is 5.18. The monoisotopic (exact) mass is 520 g/mol. The van der Waals surface area contributed by atoms with Crippen LogP contribution in [0.2, 0.25) is 0 Å². The van der Waals surface area contributed by atoms with Crippen molar-refractivity contribution in [3.63, 3.8) is 0 Å². The van der Waals surface area contributed by atoms with Gasteiger partial charge < -0.3 is 15.0 Å². The molecule has 0 saturated carbocycles. The van der Waals surface area contributed by atoms with E-state index in [9.17, 15) is 14.8 Å². The summed E-state index contributed by atoms with van der Waals surface area (Å²) in [6.45, 7) is 4.16. The molecule has 194 valence electrons. The maximum atomic E-state index is 13.5. The van der Waals surface area contributed by atoms with E-state index >= 15 is 0 Å². The molecular formula is C29H25FN8O. The normalized spacial score (nSPS) is 16.3. The third-order valence-electron chi connectivity index (χ3n) is 7.76. The highest BCUT2D eigenvalue weighted by atomic mass is 19.1. The molecule has 10 heteroatoms. The minimum Gasteiger partial charge on any atom is -0.508 e. The summed E-state index contributed by atoms with van der Waals surface area (Å²) < 4.78 is 15.3. The number of aromatic hydroxyl groups is 1. The quantitative estimate of drug-likeness (QED) is 0.360. The molecule has 0 aliphatic carbocycles. The van der Waals surface area contributed by atoms with Crippen molar-refractivity contribution < 1.29 is 9.50 Å². The minimum absolute atomic E-state index is 0.135. The molecule has 2 fully saturated rings. The van der Waals surface area contributed by atoms with Crippen LogP contribution in [0.15, 0.2) is 61.2 Å². The zero-order valence-corrected chi connectivity index (χ0v) is 21.3. The summed E-state index contributed by atoms with van der Waals surface area (Å²) in [5.41, 5.74) is 5.54. The van der Waals surface area contributed by atoms with Crippen molar-refractivity contribution in [2.75, 3.05) is 31.1 Å². The number of likely N-dealkylation sites (tertiary alicyclic amines) is 1. The summed E-state index contributed by atoms with van der Waals surface area (Å²) in [7, 11) is 1.87. The van der Waals surface area contributed by atoms with Gasteiger partial charge in [0.15, 0.2) is 0 Å². The Hall–Kier alpha value is -4.75. The van der Waals surface area contributed by atoms with E-state index in [1.165, 1.54) is 18.2 Å². The second-order valence-electron chi connectivity index (χ2n) is 10.7. The van der Waals surface area contributed by atoms with Gasteiger partial charge in [-0.3, -0.25) is 9.58 Å². The zero-order chi connectivity index (χ0) is 26.7. The van der Waals surface area contributed by atoms with Crippen LogP contribution in [0.1, 0.15) is 11.1 Å². The lowest BCUT2D eigenvalue weighted by Crippen LogP contribution is -2.72. The number of aromatic nitrogens is 5. The second kappa shape index (κ2) is 8.64. The molecule has 2 aliphatic heterocycles. The van der Waals surface area contributed by atoms with E-state index in [0.29, 0.717) is 23.3 Å². The highest BCUT2D eigenvalue weighted by Gasteiger charge is 2.51. The van der Waals surface area contributed by atoms with Gasteiger partial charge in [-0.15, -0.1) is 0 Å². The fraction of sp³-hybridized carbons (Fsp3) is 0.241. The summed E-state index contributed by atoms with van der Waals surface area (Å²) >= 11 is 0. The van der Waals surface area contributed by atoms with Gasteiger partial charge in [0.1, 0.15) is 29.1 Å². The number of pyridine rings is 2. The van der Waals surface area contributed by atoms with Crippen molar-refractivity contribution in [2.24, 2.45) is 12.5 Å². The van der Waals surface area contributed by atoms with Crippen molar-refractivity contribution in [3.8, 4) is 34.2 Å². The molecule has 2 saturated heterocycles. The van der Waals surface area contributed by atoms with Crippen LogP contribution in [-0.2, 0) is 13.6 Å². The molecule has 0 atom stereocenters. The summed E-state index contributed by atoms with van der Waals surface area (Å²) in [6, 6.07) is 12.4. The summed E-state index contributed by atoms with van der Waals surface area (Å²) in [5.74, 6) is 0.706. The number of hydrogen-bond acceptors (Lipinski definition) is 7. The largest absolute Gasteiger partial charge is 0.508 e. The third-order valence-corrected chi connectivity index (χ3v) is 7.76. The summed E-state index contributed by atoms with van der Waals surface area (Å²) in [6.07, 6.45) is 7.14. The van der Waals surface area contributed by atoms with Crippen LogP contribution >= 0.6 is 0 Å². The lowest BCUT2D eigenvalue weighted by molar-refractivity contribution is -0.0280. The van der Waals surface area contributed by atoms with E-state index in [2.05, 4.69) is 30.9 Å². The maximum absolute atomic E-state index is 13.5. The van der Waals surface area contributed by atoms with Crippen molar-refractivity contribution in [1.82, 2.24) is 29.6 Å². The Morgan fingerprint density at radius 3 is 2.62 bits per heavy atom. The average molecular weight is 521 g/mol. The van der Waals surface area contributed by atoms with Crippen LogP contribution in [0, 0.1) is 22.6 Å². The number of nitrogens with one attached hydrogen (secondary N) is 1. The van der Waals surface area contributed by atoms with Crippen molar-refractivity contribution in [1.29, 1.82) is 5.26 Å².